The molecule has 0 saturated carbocycles. The molecule has 1 fully saturated rings. The number of alkyl carbamates (subject to hydrolysis) is 1. The summed E-state index contributed by atoms with van der Waals surface area (Å²) in [4.78, 5) is 28.9. The van der Waals surface area contributed by atoms with E-state index in [9.17, 15) is 9.59 Å². The summed E-state index contributed by atoms with van der Waals surface area (Å²) in [6.45, 7) is 12.3. The molecular formula is C19H30N2O3S. The van der Waals surface area contributed by atoms with E-state index in [4.69, 9.17) is 4.74 Å². The van der Waals surface area contributed by atoms with E-state index in [1.807, 2.05) is 52.5 Å². The van der Waals surface area contributed by atoms with E-state index < -0.39 is 11.7 Å². The van der Waals surface area contributed by atoms with Crippen LogP contribution in [0.15, 0.2) is 6.07 Å². The summed E-state index contributed by atoms with van der Waals surface area (Å²) in [5, 5.41) is 2.91. The van der Waals surface area contributed by atoms with Gasteiger partial charge in [0.25, 0.3) is 5.91 Å². The van der Waals surface area contributed by atoms with Crippen LogP contribution in [0.2, 0.25) is 0 Å². The molecule has 0 radical (unpaired) electrons. The maximum atomic E-state index is 13.0. The topological polar surface area (TPSA) is 58.6 Å². The summed E-state index contributed by atoms with van der Waals surface area (Å²) in [7, 11) is 0. The number of amides is 2. The van der Waals surface area contributed by atoms with Crippen LogP contribution in [0, 0.1) is 13.8 Å². The standard InChI is InChI=1S/C19H30N2O3S/c1-12-11-16(25-14(12)3)17(22)21-10-8-7-9-15(21)13(2)20-18(23)24-19(4,5)6/h11,13,15H,7-10H2,1-6H3,(H,20,23)/t13-,15-/m0/s1. The van der Waals surface area contributed by atoms with Gasteiger partial charge in [-0.1, -0.05) is 0 Å². The fraction of sp³-hybridized carbons (Fsp3) is 0.684. The summed E-state index contributed by atoms with van der Waals surface area (Å²) in [5.41, 5.74) is 0.625. The number of piperidine rings is 1. The molecule has 140 valence electrons. The van der Waals surface area contributed by atoms with Gasteiger partial charge in [-0.2, -0.15) is 0 Å². The number of thiophene rings is 1. The molecule has 1 saturated heterocycles. The van der Waals surface area contributed by atoms with Crippen LogP contribution in [-0.4, -0.2) is 41.1 Å². The van der Waals surface area contributed by atoms with Crippen LogP contribution in [0.4, 0.5) is 4.79 Å². The van der Waals surface area contributed by atoms with Gasteiger partial charge in [0.15, 0.2) is 0 Å². The van der Waals surface area contributed by atoms with E-state index in [-0.39, 0.29) is 18.0 Å². The third-order valence-electron chi connectivity index (χ3n) is 4.51. The minimum atomic E-state index is -0.530. The van der Waals surface area contributed by atoms with Gasteiger partial charge in [0.05, 0.1) is 10.9 Å². The number of hydrogen-bond acceptors (Lipinski definition) is 4. The van der Waals surface area contributed by atoms with Crippen molar-refractivity contribution >= 4 is 23.3 Å². The van der Waals surface area contributed by atoms with E-state index >= 15 is 0 Å². The molecule has 0 aliphatic carbocycles. The van der Waals surface area contributed by atoms with Gasteiger partial charge in [-0.25, -0.2) is 4.79 Å². The Hall–Kier alpha value is -1.56. The Morgan fingerprint density at radius 3 is 2.56 bits per heavy atom. The van der Waals surface area contributed by atoms with Gasteiger partial charge >= 0.3 is 6.09 Å². The summed E-state index contributed by atoms with van der Waals surface area (Å²) in [6, 6.07) is 1.82. The van der Waals surface area contributed by atoms with Crippen molar-refractivity contribution in [2.75, 3.05) is 6.54 Å². The minimum Gasteiger partial charge on any atom is -0.444 e. The SMILES string of the molecule is Cc1cc(C(=O)N2CCCC[C@H]2[C@H](C)NC(=O)OC(C)(C)C)sc1C. The molecule has 0 spiro atoms. The predicted octanol–water partition coefficient (Wildman–Crippen LogP) is 4.27. The van der Waals surface area contributed by atoms with E-state index in [2.05, 4.69) is 5.32 Å². The van der Waals surface area contributed by atoms with Crippen LogP contribution in [0.5, 0.6) is 0 Å². The summed E-state index contributed by atoms with van der Waals surface area (Å²) >= 11 is 1.55. The Morgan fingerprint density at radius 2 is 2.00 bits per heavy atom. The molecular weight excluding hydrogens is 336 g/mol. The largest absolute Gasteiger partial charge is 0.444 e. The number of nitrogens with zero attached hydrogens (tertiary/aromatic N) is 1. The molecule has 0 bridgehead atoms. The lowest BCUT2D eigenvalue weighted by Crippen LogP contribution is -2.54. The molecule has 1 aromatic rings. The average molecular weight is 367 g/mol. The number of rotatable bonds is 3. The second-order valence-corrected chi connectivity index (χ2v) is 9.10. The van der Waals surface area contributed by atoms with Gasteiger partial charge in [-0.15, -0.1) is 11.3 Å². The average Bonchev–Trinajstić information content (AvgIpc) is 2.84. The molecule has 25 heavy (non-hydrogen) atoms. The van der Waals surface area contributed by atoms with Crippen molar-refractivity contribution in [2.24, 2.45) is 0 Å². The first-order chi connectivity index (χ1) is 11.6. The van der Waals surface area contributed by atoms with Gasteiger partial charge in [0.2, 0.25) is 0 Å². The lowest BCUT2D eigenvalue weighted by molar-refractivity contribution is 0.0403. The van der Waals surface area contributed by atoms with Gasteiger partial charge in [-0.05, 0) is 72.4 Å². The molecule has 2 heterocycles. The van der Waals surface area contributed by atoms with Crippen LogP contribution in [-0.2, 0) is 4.74 Å². The third-order valence-corrected chi connectivity index (χ3v) is 5.65. The number of likely N-dealkylation sites (tertiary alicyclic amines) is 1. The molecule has 6 heteroatoms. The van der Waals surface area contributed by atoms with Crippen molar-refractivity contribution < 1.29 is 14.3 Å². The van der Waals surface area contributed by atoms with E-state index in [1.165, 1.54) is 4.88 Å². The summed E-state index contributed by atoms with van der Waals surface area (Å²) < 4.78 is 5.35. The molecule has 0 unspecified atom stereocenters. The summed E-state index contributed by atoms with van der Waals surface area (Å²) in [6.07, 6.45) is 2.54. The Kier molecular flexibility index (Phi) is 6.14. The molecule has 0 aromatic carbocycles. The zero-order chi connectivity index (χ0) is 18.8. The zero-order valence-electron chi connectivity index (χ0n) is 16.1. The van der Waals surface area contributed by atoms with Crippen molar-refractivity contribution in [1.82, 2.24) is 10.2 Å². The number of carbonyl (C=O) groups excluding carboxylic acids is 2. The van der Waals surface area contributed by atoms with Crippen molar-refractivity contribution in [1.29, 1.82) is 0 Å². The van der Waals surface area contributed by atoms with Crippen LogP contribution in [0.1, 0.15) is 67.1 Å². The number of ether oxygens (including phenoxy) is 1. The zero-order valence-corrected chi connectivity index (χ0v) is 17.0. The molecule has 1 N–H and O–H groups in total. The molecule has 1 aliphatic rings. The monoisotopic (exact) mass is 366 g/mol. The van der Waals surface area contributed by atoms with Crippen LogP contribution in [0.3, 0.4) is 0 Å². The van der Waals surface area contributed by atoms with Gasteiger partial charge in [0.1, 0.15) is 5.60 Å². The van der Waals surface area contributed by atoms with Crippen LogP contribution in [0.25, 0.3) is 0 Å². The van der Waals surface area contributed by atoms with Gasteiger partial charge in [-0.3, -0.25) is 4.79 Å². The Labute approximate surface area is 154 Å². The lowest BCUT2D eigenvalue weighted by Gasteiger charge is -2.39. The lowest BCUT2D eigenvalue weighted by atomic mass is 9.96. The molecule has 5 nitrogen and oxygen atoms in total. The first-order valence-electron chi connectivity index (χ1n) is 8.96. The van der Waals surface area contributed by atoms with E-state index in [0.717, 1.165) is 36.2 Å². The highest BCUT2D eigenvalue weighted by Gasteiger charge is 2.33. The second kappa shape index (κ2) is 7.77. The number of aryl methyl sites for hydroxylation is 2. The highest BCUT2D eigenvalue weighted by Crippen LogP contribution is 2.27. The Balaban J connectivity index is 2.09. The van der Waals surface area contributed by atoms with Crippen molar-refractivity contribution in [3.8, 4) is 0 Å². The molecule has 2 rings (SSSR count). The normalized spacial score (nSPS) is 19.4. The van der Waals surface area contributed by atoms with Crippen molar-refractivity contribution in [3.63, 3.8) is 0 Å². The van der Waals surface area contributed by atoms with Crippen LogP contribution < -0.4 is 5.32 Å². The van der Waals surface area contributed by atoms with E-state index in [0.29, 0.717) is 0 Å². The minimum absolute atomic E-state index is 0.00326. The molecule has 2 atom stereocenters. The quantitative estimate of drug-likeness (QED) is 0.869. The fourth-order valence-electron chi connectivity index (χ4n) is 3.14. The van der Waals surface area contributed by atoms with Crippen LogP contribution >= 0.6 is 11.3 Å². The predicted molar refractivity (Wildman–Crippen MR) is 101 cm³/mol. The first-order valence-corrected chi connectivity index (χ1v) is 9.77. The maximum Gasteiger partial charge on any atom is 0.407 e. The molecule has 1 aliphatic heterocycles. The van der Waals surface area contributed by atoms with Gasteiger partial charge < -0.3 is 15.0 Å². The molecule has 1 aromatic heterocycles. The first kappa shape index (κ1) is 19.8. The summed E-state index contributed by atoms with van der Waals surface area (Å²) in [5.74, 6) is 0.0729. The maximum absolute atomic E-state index is 13.0. The van der Waals surface area contributed by atoms with E-state index in [1.54, 1.807) is 11.3 Å². The third kappa shape index (κ3) is 5.21. The second-order valence-electron chi connectivity index (χ2n) is 7.85. The smallest absolute Gasteiger partial charge is 0.407 e. The fourth-order valence-corrected chi connectivity index (χ4v) is 4.13. The number of nitrogens with one attached hydrogen (secondary N) is 1. The highest BCUT2D eigenvalue weighted by molar-refractivity contribution is 7.14. The Morgan fingerprint density at radius 1 is 1.32 bits per heavy atom. The van der Waals surface area contributed by atoms with Crippen molar-refractivity contribution in [3.05, 3.63) is 21.4 Å². The highest BCUT2D eigenvalue weighted by atomic mass is 32.1. The van der Waals surface area contributed by atoms with Gasteiger partial charge in [0, 0.05) is 17.5 Å². The molecule has 2 amide bonds. The van der Waals surface area contributed by atoms with Crippen molar-refractivity contribution in [2.45, 2.75) is 78.5 Å². The number of carbonyl (C=O) groups is 2. The number of hydrogen-bond donors (Lipinski definition) is 1. The Bertz CT molecular complexity index is 614.